The van der Waals surface area contributed by atoms with Gasteiger partial charge in [-0.15, -0.1) is 0 Å². The van der Waals surface area contributed by atoms with Crippen molar-refractivity contribution in [2.75, 3.05) is 0 Å². The molecule has 0 spiro atoms. The SMILES string of the molecule is N#Cc1cc(Br)cc(Oc2ccc(CO)cc2)c1. The predicted molar refractivity (Wildman–Crippen MR) is 71.3 cm³/mol. The lowest BCUT2D eigenvalue weighted by molar-refractivity contribution is 0.281. The Balaban J connectivity index is 2.22. The van der Waals surface area contributed by atoms with Crippen LogP contribution >= 0.6 is 15.9 Å². The molecular weight excluding hydrogens is 294 g/mol. The van der Waals surface area contributed by atoms with Gasteiger partial charge in [0.15, 0.2) is 0 Å². The van der Waals surface area contributed by atoms with Gasteiger partial charge in [-0.3, -0.25) is 0 Å². The monoisotopic (exact) mass is 303 g/mol. The molecule has 0 saturated carbocycles. The number of nitriles is 1. The third-order valence-electron chi connectivity index (χ3n) is 2.34. The highest BCUT2D eigenvalue weighted by Gasteiger charge is 2.02. The minimum Gasteiger partial charge on any atom is -0.457 e. The summed E-state index contributed by atoms with van der Waals surface area (Å²) in [5, 5.41) is 17.8. The molecule has 0 aliphatic heterocycles. The molecule has 0 amide bonds. The summed E-state index contributed by atoms with van der Waals surface area (Å²) in [4.78, 5) is 0. The highest BCUT2D eigenvalue weighted by molar-refractivity contribution is 9.10. The Morgan fingerprint density at radius 1 is 1.11 bits per heavy atom. The van der Waals surface area contributed by atoms with Crippen LogP contribution in [0.15, 0.2) is 46.9 Å². The molecule has 0 fully saturated rings. The zero-order valence-corrected chi connectivity index (χ0v) is 11.0. The maximum absolute atomic E-state index is 8.94. The standard InChI is InChI=1S/C14H10BrNO2/c15-12-5-11(8-16)6-14(7-12)18-13-3-1-10(9-17)2-4-13/h1-7,17H,9H2. The molecule has 1 N–H and O–H groups in total. The molecule has 0 bridgehead atoms. The van der Waals surface area contributed by atoms with Crippen LogP contribution in [0.2, 0.25) is 0 Å². The van der Waals surface area contributed by atoms with Gasteiger partial charge in [-0.25, -0.2) is 0 Å². The summed E-state index contributed by atoms with van der Waals surface area (Å²) in [5.74, 6) is 1.26. The Morgan fingerprint density at radius 2 is 1.83 bits per heavy atom. The highest BCUT2D eigenvalue weighted by atomic mass is 79.9. The third-order valence-corrected chi connectivity index (χ3v) is 2.80. The molecule has 0 heterocycles. The maximum atomic E-state index is 8.94. The topological polar surface area (TPSA) is 53.2 Å². The summed E-state index contributed by atoms with van der Waals surface area (Å²) < 4.78 is 6.43. The van der Waals surface area contributed by atoms with Crippen molar-refractivity contribution in [1.82, 2.24) is 0 Å². The number of aliphatic hydroxyl groups excluding tert-OH is 1. The van der Waals surface area contributed by atoms with Crippen molar-refractivity contribution in [2.24, 2.45) is 0 Å². The van der Waals surface area contributed by atoms with Gasteiger partial charge < -0.3 is 9.84 Å². The first-order valence-corrected chi connectivity index (χ1v) is 6.09. The first-order chi connectivity index (χ1) is 8.71. The second-order valence-electron chi connectivity index (χ2n) is 3.69. The number of hydrogen-bond acceptors (Lipinski definition) is 3. The molecule has 0 radical (unpaired) electrons. The number of aliphatic hydroxyl groups is 1. The normalized spacial score (nSPS) is 9.83. The molecule has 90 valence electrons. The van der Waals surface area contributed by atoms with Crippen molar-refractivity contribution in [3.8, 4) is 17.6 Å². The van der Waals surface area contributed by atoms with Crippen LogP contribution in [-0.2, 0) is 6.61 Å². The average molecular weight is 304 g/mol. The van der Waals surface area contributed by atoms with Crippen LogP contribution in [0.3, 0.4) is 0 Å². The molecule has 4 heteroatoms. The molecule has 0 aromatic heterocycles. The van der Waals surface area contributed by atoms with E-state index in [1.54, 1.807) is 42.5 Å². The van der Waals surface area contributed by atoms with Gasteiger partial charge in [-0.2, -0.15) is 5.26 Å². The van der Waals surface area contributed by atoms with E-state index in [-0.39, 0.29) is 6.61 Å². The number of rotatable bonds is 3. The zero-order valence-electron chi connectivity index (χ0n) is 9.43. The van der Waals surface area contributed by atoms with Crippen LogP contribution in [0.1, 0.15) is 11.1 Å². The summed E-state index contributed by atoms with van der Waals surface area (Å²) in [6.45, 7) is 0.00967. The van der Waals surface area contributed by atoms with E-state index in [0.717, 1.165) is 10.0 Å². The molecule has 18 heavy (non-hydrogen) atoms. The zero-order chi connectivity index (χ0) is 13.0. The van der Waals surface area contributed by atoms with Gasteiger partial charge in [-0.05, 0) is 35.9 Å². The summed E-state index contributed by atoms with van der Waals surface area (Å²) in [6.07, 6.45) is 0. The van der Waals surface area contributed by atoms with Crippen molar-refractivity contribution in [3.05, 3.63) is 58.1 Å². The summed E-state index contributed by atoms with van der Waals surface area (Å²) in [5.41, 5.74) is 1.36. The number of halogens is 1. The van der Waals surface area contributed by atoms with Crippen LogP contribution in [0, 0.1) is 11.3 Å². The molecule has 2 aromatic rings. The Kier molecular flexibility index (Phi) is 3.98. The quantitative estimate of drug-likeness (QED) is 0.942. The number of nitrogens with zero attached hydrogens (tertiary/aromatic N) is 1. The molecule has 0 saturated heterocycles. The fourth-order valence-corrected chi connectivity index (χ4v) is 1.96. The van der Waals surface area contributed by atoms with Gasteiger partial charge >= 0.3 is 0 Å². The second kappa shape index (κ2) is 5.67. The Hall–Kier alpha value is -1.83. The predicted octanol–water partition coefficient (Wildman–Crippen LogP) is 3.61. The minimum absolute atomic E-state index is 0.00967. The Labute approximate surface area is 113 Å². The van der Waals surface area contributed by atoms with E-state index in [9.17, 15) is 0 Å². The average Bonchev–Trinajstić information content (AvgIpc) is 2.39. The minimum atomic E-state index is 0.00967. The lowest BCUT2D eigenvalue weighted by Crippen LogP contribution is -1.87. The van der Waals surface area contributed by atoms with Gasteiger partial charge in [0.25, 0.3) is 0 Å². The summed E-state index contributed by atoms with van der Waals surface area (Å²) in [6, 6.07) is 14.4. The number of ether oxygens (including phenoxy) is 1. The lowest BCUT2D eigenvalue weighted by Gasteiger charge is -2.07. The molecule has 2 aromatic carbocycles. The second-order valence-corrected chi connectivity index (χ2v) is 4.61. The van der Waals surface area contributed by atoms with E-state index in [4.69, 9.17) is 15.1 Å². The number of hydrogen-bond donors (Lipinski definition) is 1. The van der Waals surface area contributed by atoms with Crippen molar-refractivity contribution < 1.29 is 9.84 Å². The Morgan fingerprint density at radius 3 is 2.44 bits per heavy atom. The largest absolute Gasteiger partial charge is 0.457 e. The first kappa shape index (κ1) is 12.6. The van der Waals surface area contributed by atoms with Crippen molar-refractivity contribution in [2.45, 2.75) is 6.61 Å². The van der Waals surface area contributed by atoms with Crippen LogP contribution in [0.25, 0.3) is 0 Å². The molecule has 0 atom stereocenters. The van der Waals surface area contributed by atoms with Crippen LogP contribution in [0.5, 0.6) is 11.5 Å². The molecule has 0 aliphatic rings. The molecule has 0 unspecified atom stereocenters. The van der Waals surface area contributed by atoms with E-state index in [0.29, 0.717) is 17.1 Å². The summed E-state index contributed by atoms with van der Waals surface area (Å²) in [7, 11) is 0. The van der Waals surface area contributed by atoms with Gasteiger partial charge in [-0.1, -0.05) is 28.1 Å². The lowest BCUT2D eigenvalue weighted by atomic mass is 10.2. The van der Waals surface area contributed by atoms with Crippen LogP contribution < -0.4 is 4.74 Å². The van der Waals surface area contributed by atoms with Gasteiger partial charge in [0.2, 0.25) is 0 Å². The van der Waals surface area contributed by atoms with Crippen LogP contribution in [0.4, 0.5) is 0 Å². The van der Waals surface area contributed by atoms with E-state index in [2.05, 4.69) is 22.0 Å². The number of benzene rings is 2. The van der Waals surface area contributed by atoms with E-state index in [1.165, 1.54) is 0 Å². The molecular formula is C14H10BrNO2. The summed E-state index contributed by atoms with van der Waals surface area (Å²) >= 11 is 3.33. The molecule has 3 nitrogen and oxygen atoms in total. The molecule has 0 aliphatic carbocycles. The first-order valence-electron chi connectivity index (χ1n) is 5.29. The van der Waals surface area contributed by atoms with Crippen molar-refractivity contribution >= 4 is 15.9 Å². The van der Waals surface area contributed by atoms with E-state index < -0.39 is 0 Å². The third kappa shape index (κ3) is 3.10. The molecule has 2 rings (SSSR count). The van der Waals surface area contributed by atoms with Crippen molar-refractivity contribution in [3.63, 3.8) is 0 Å². The fraction of sp³-hybridized carbons (Fsp3) is 0.0714. The Bertz CT molecular complexity index is 588. The van der Waals surface area contributed by atoms with E-state index in [1.807, 2.05) is 0 Å². The van der Waals surface area contributed by atoms with E-state index >= 15 is 0 Å². The smallest absolute Gasteiger partial charge is 0.129 e. The maximum Gasteiger partial charge on any atom is 0.129 e. The fourth-order valence-electron chi connectivity index (χ4n) is 1.49. The van der Waals surface area contributed by atoms with Crippen molar-refractivity contribution in [1.29, 1.82) is 5.26 Å². The van der Waals surface area contributed by atoms with Gasteiger partial charge in [0.1, 0.15) is 11.5 Å². The van der Waals surface area contributed by atoms with Gasteiger partial charge in [0, 0.05) is 4.47 Å². The highest BCUT2D eigenvalue weighted by Crippen LogP contribution is 2.26. The van der Waals surface area contributed by atoms with Crippen LogP contribution in [-0.4, -0.2) is 5.11 Å². The van der Waals surface area contributed by atoms with Gasteiger partial charge in [0.05, 0.1) is 18.2 Å².